The highest BCUT2D eigenvalue weighted by Crippen LogP contribution is 2.43. The second-order valence-electron chi connectivity index (χ2n) is 14.9. The summed E-state index contributed by atoms with van der Waals surface area (Å²) in [5, 5.41) is 4.73. The van der Waals surface area contributed by atoms with Crippen LogP contribution in [-0.4, -0.2) is 53.6 Å². The number of fused-ring (bicyclic) bond motifs is 2. The van der Waals surface area contributed by atoms with Gasteiger partial charge in [-0.1, -0.05) is 65.3 Å². The predicted octanol–water partition coefficient (Wildman–Crippen LogP) is 10.4. The molecular weight excluding hydrogens is 657 g/mol. The number of hydrogen-bond acceptors (Lipinski definition) is 7. The van der Waals surface area contributed by atoms with Gasteiger partial charge >= 0.3 is 6.09 Å². The summed E-state index contributed by atoms with van der Waals surface area (Å²) in [6.07, 6.45) is 3.76. The van der Waals surface area contributed by atoms with E-state index in [1.807, 2.05) is 6.26 Å². The fourth-order valence-corrected chi connectivity index (χ4v) is 12.7. The molecule has 1 aliphatic heterocycles. The van der Waals surface area contributed by atoms with Crippen LogP contribution in [0.1, 0.15) is 81.2 Å². The monoisotopic (exact) mass is 703 g/mol. The Morgan fingerprint density at radius 2 is 1.76 bits per heavy atom. The van der Waals surface area contributed by atoms with Gasteiger partial charge in [-0.2, -0.15) is 0 Å². The molecule has 7 nitrogen and oxygen atoms in total. The van der Waals surface area contributed by atoms with E-state index in [1.165, 1.54) is 17.8 Å². The lowest BCUT2D eigenvalue weighted by molar-refractivity contribution is 0.0636. The van der Waals surface area contributed by atoms with Crippen LogP contribution >= 0.6 is 11.8 Å². The molecule has 0 spiro atoms. The van der Waals surface area contributed by atoms with Crippen molar-refractivity contribution in [2.45, 2.75) is 109 Å². The molecule has 0 bridgehead atoms. The SMILES string of the molecule is CSc1ncc2c(N3CC[C@@H]3C)nc(-c3cc(NC(=O)OC(C)(C)C)cc4ccc(F)c(C#C[Si](C(C)C)(C(C)C)C(C)C)c34)c(F)c2n1. The van der Waals surface area contributed by atoms with E-state index in [4.69, 9.17) is 9.72 Å². The van der Waals surface area contributed by atoms with Crippen LogP contribution < -0.4 is 10.2 Å². The largest absolute Gasteiger partial charge is 0.444 e. The minimum atomic E-state index is -2.28. The summed E-state index contributed by atoms with van der Waals surface area (Å²) < 4.78 is 38.7. The third-order valence-corrected chi connectivity index (χ3v) is 16.5. The number of nitrogens with one attached hydrogen (secondary N) is 1. The van der Waals surface area contributed by atoms with Crippen molar-refractivity contribution in [3.05, 3.63) is 47.7 Å². The molecule has 5 rings (SSSR count). The van der Waals surface area contributed by atoms with Gasteiger partial charge < -0.3 is 9.64 Å². The van der Waals surface area contributed by atoms with Crippen molar-refractivity contribution in [2.75, 3.05) is 23.0 Å². The van der Waals surface area contributed by atoms with E-state index in [2.05, 4.69) is 80.1 Å². The van der Waals surface area contributed by atoms with Crippen LogP contribution in [0.15, 0.2) is 35.6 Å². The van der Waals surface area contributed by atoms with Crippen LogP contribution in [0.3, 0.4) is 0 Å². The first-order valence-electron chi connectivity index (χ1n) is 16.9. The number of nitrogens with zero attached hydrogens (tertiary/aromatic N) is 4. The number of amides is 1. The number of anilines is 2. The van der Waals surface area contributed by atoms with Crippen molar-refractivity contribution in [1.29, 1.82) is 0 Å². The van der Waals surface area contributed by atoms with Crippen molar-refractivity contribution in [1.82, 2.24) is 15.0 Å². The average molecular weight is 704 g/mol. The number of halogens is 2. The molecule has 49 heavy (non-hydrogen) atoms. The third-order valence-electron chi connectivity index (χ3n) is 9.65. The van der Waals surface area contributed by atoms with Crippen LogP contribution in [0.25, 0.3) is 32.9 Å². The van der Waals surface area contributed by atoms with E-state index in [-0.39, 0.29) is 22.8 Å². The average Bonchev–Trinajstić information content (AvgIpc) is 3.00. The quantitative estimate of drug-likeness (QED) is 0.0888. The summed E-state index contributed by atoms with van der Waals surface area (Å²) in [5.41, 5.74) is 4.87. The molecule has 1 amide bonds. The lowest BCUT2D eigenvalue weighted by Crippen LogP contribution is -2.46. The van der Waals surface area contributed by atoms with E-state index in [9.17, 15) is 4.79 Å². The fraction of sp³-hybridized carbons (Fsp3) is 0.474. The topological polar surface area (TPSA) is 80.2 Å². The molecule has 0 saturated carbocycles. The summed E-state index contributed by atoms with van der Waals surface area (Å²) in [4.78, 5) is 29.0. The maximum atomic E-state index is 17.0. The van der Waals surface area contributed by atoms with Crippen LogP contribution in [0.2, 0.25) is 16.6 Å². The van der Waals surface area contributed by atoms with Crippen molar-refractivity contribution in [3.8, 4) is 22.7 Å². The first-order valence-corrected chi connectivity index (χ1v) is 20.4. The second kappa shape index (κ2) is 13.9. The highest BCUT2D eigenvalue weighted by atomic mass is 32.2. The van der Waals surface area contributed by atoms with E-state index in [1.54, 1.807) is 45.2 Å². The number of pyridine rings is 1. The van der Waals surface area contributed by atoms with Gasteiger partial charge in [-0.15, -0.1) is 5.54 Å². The molecule has 1 atom stereocenters. The predicted molar refractivity (Wildman–Crippen MR) is 201 cm³/mol. The molecule has 4 aromatic rings. The van der Waals surface area contributed by atoms with Gasteiger partial charge in [-0.05, 0) is 80.6 Å². The number of benzene rings is 2. The van der Waals surface area contributed by atoms with Gasteiger partial charge in [-0.25, -0.2) is 28.5 Å². The standard InChI is InChI=1S/C38H47F2N5O2SSi/c1-21(2)49(22(3)4,23(5)6)17-15-27-30(39)13-12-25-18-26(42-37(46)47-38(8,9)10)19-28(31(25)27)33-32(40)34-29(20-41-36(44-34)48-11)35(43-33)45-16-14-24(45)7/h12-13,18-24H,14,16H2,1-11H3,(H,42,46)/t24-/m0/s1. The lowest BCUT2D eigenvalue weighted by Gasteiger charge is -2.40. The number of rotatable bonds is 7. The number of thioether (sulfide) groups is 1. The summed E-state index contributed by atoms with van der Waals surface area (Å²) in [6.45, 7) is 21.4. The third kappa shape index (κ3) is 7.00. The van der Waals surface area contributed by atoms with E-state index >= 15 is 8.78 Å². The Hall–Kier alpha value is -3.75. The van der Waals surface area contributed by atoms with Crippen LogP contribution in [0.5, 0.6) is 0 Å². The zero-order chi connectivity index (χ0) is 36.0. The molecule has 11 heteroatoms. The Morgan fingerprint density at radius 3 is 2.31 bits per heavy atom. The maximum absolute atomic E-state index is 17.0. The molecule has 1 aliphatic rings. The van der Waals surface area contributed by atoms with E-state index < -0.39 is 31.4 Å². The Morgan fingerprint density at radius 1 is 1.08 bits per heavy atom. The summed E-state index contributed by atoms with van der Waals surface area (Å²) in [6, 6.07) is 6.56. The minimum absolute atomic E-state index is 0.000992. The summed E-state index contributed by atoms with van der Waals surface area (Å²) in [5.74, 6) is 2.72. The van der Waals surface area contributed by atoms with Gasteiger partial charge in [0.25, 0.3) is 0 Å². The van der Waals surface area contributed by atoms with Crippen LogP contribution in [-0.2, 0) is 4.74 Å². The Balaban J connectivity index is 1.88. The number of ether oxygens (including phenoxy) is 1. The van der Waals surface area contributed by atoms with Gasteiger partial charge in [0.2, 0.25) is 0 Å². The highest BCUT2D eigenvalue weighted by Gasteiger charge is 2.42. The van der Waals surface area contributed by atoms with Gasteiger partial charge in [0.05, 0.1) is 10.9 Å². The smallest absolute Gasteiger partial charge is 0.412 e. The minimum Gasteiger partial charge on any atom is -0.444 e. The van der Waals surface area contributed by atoms with Gasteiger partial charge in [0.15, 0.2) is 11.0 Å². The van der Waals surface area contributed by atoms with Crippen LogP contribution in [0.4, 0.5) is 25.1 Å². The molecule has 3 heterocycles. The van der Waals surface area contributed by atoms with Crippen molar-refractivity contribution < 1.29 is 18.3 Å². The highest BCUT2D eigenvalue weighted by molar-refractivity contribution is 7.98. The summed E-state index contributed by atoms with van der Waals surface area (Å²) in [7, 11) is -2.28. The fourth-order valence-electron chi connectivity index (χ4n) is 7.20. The second-order valence-corrected chi connectivity index (χ2v) is 21.2. The Labute approximate surface area is 294 Å². The number of carbonyl (C=O) groups excluding carboxylic acids is 1. The Bertz CT molecular complexity index is 1960. The van der Waals surface area contributed by atoms with E-state index in [0.717, 1.165) is 13.0 Å². The Kier molecular flexibility index (Phi) is 10.3. The summed E-state index contributed by atoms with van der Waals surface area (Å²) >= 11 is 1.32. The molecule has 1 saturated heterocycles. The van der Waals surface area contributed by atoms with Crippen LogP contribution in [0, 0.1) is 23.1 Å². The normalized spacial score (nSPS) is 15.2. The maximum Gasteiger partial charge on any atom is 0.412 e. The van der Waals surface area contributed by atoms with Gasteiger partial charge in [0.1, 0.15) is 36.5 Å². The number of aromatic nitrogens is 3. The molecular formula is C38H47F2N5O2SSi. The zero-order valence-corrected chi connectivity index (χ0v) is 32.2. The lowest BCUT2D eigenvalue weighted by atomic mass is 9.95. The molecule has 2 aromatic carbocycles. The van der Waals surface area contributed by atoms with Crippen molar-refractivity contribution in [2.24, 2.45) is 0 Å². The zero-order valence-electron chi connectivity index (χ0n) is 30.4. The number of hydrogen-bond donors (Lipinski definition) is 1. The van der Waals surface area contributed by atoms with Crippen molar-refractivity contribution in [3.63, 3.8) is 0 Å². The van der Waals surface area contributed by atoms with Crippen molar-refractivity contribution >= 4 is 59.1 Å². The first kappa shape index (κ1) is 36.5. The van der Waals surface area contributed by atoms with Gasteiger partial charge in [-0.3, -0.25) is 5.32 Å². The molecule has 0 radical (unpaired) electrons. The van der Waals surface area contributed by atoms with E-state index in [0.29, 0.717) is 55.0 Å². The molecule has 0 unspecified atom stereocenters. The molecule has 0 aliphatic carbocycles. The number of carbonyl (C=O) groups is 1. The molecule has 2 aromatic heterocycles. The molecule has 260 valence electrons. The molecule has 1 N–H and O–H groups in total. The van der Waals surface area contributed by atoms with Gasteiger partial charge in [0, 0.05) is 35.4 Å². The first-order chi connectivity index (χ1) is 23.0. The molecule has 1 fully saturated rings.